The minimum atomic E-state index is -0.518. The van der Waals surface area contributed by atoms with Crippen LogP contribution in [-0.2, 0) is 7.05 Å². The maximum absolute atomic E-state index is 14.8. The van der Waals surface area contributed by atoms with Gasteiger partial charge in [-0.25, -0.2) is 9.11 Å². The van der Waals surface area contributed by atoms with Gasteiger partial charge in [-0.2, -0.15) is 0 Å². The number of nitrogens with one attached hydrogen (secondary N) is 4. The van der Waals surface area contributed by atoms with E-state index in [1.807, 2.05) is 0 Å². The smallest absolute Gasteiger partial charge is 0.259 e. The fourth-order valence-electron chi connectivity index (χ4n) is 3.73. The summed E-state index contributed by atoms with van der Waals surface area (Å²) >= 11 is 1.20. The minimum absolute atomic E-state index is 0.0230. The highest BCUT2D eigenvalue weighted by atomic mass is 32.2. The number of ether oxygens (including phenoxy) is 2. The van der Waals surface area contributed by atoms with Crippen molar-refractivity contribution in [3.05, 3.63) is 63.5 Å². The Bertz CT molecular complexity index is 1390. The van der Waals surface area contributed by atoms with Crippen molar-refractivity contribution in [2.45, 2.75) is 32.7 Å². The molecule has 0 unspecified atom stereocenters. The third-order valence-corrected chi connectivity index (χ3v) is 6.35. The van der Waals surface area contributed by atoms with Crippen LogP contribution in [0.2, 0.25) is 0 Å². The molecule has 0 atom stereocenters. The SMILES string of the molecule is CNSNc1cncc(Oc2c(C(=O)NC3CC3)c(Nc3ccc(C)cc3F)n(C)c(=O)c2C)c1OC. The number of aryl methyl sites for hydroxylation is 1. The number of methoxy groups -OCH3 is 1. The van der Waals surface area contributed by atoms with E-state index in [0.29, 0.717) is 11.4 Å². The minimum Gasteiger partial charge on any atom is -0.491 e. The normalized spacial score (nSPS) is 12.7. The molecule has 37 heavy (non-hydrogen) atoms. The summed E-state index contributed by atoms with van der Waals surface area (Å²) in [4.78, 5) is 31.0. The van der Waals surface area contributed by atoms with Gasteiger partial charge in [0.2, 0.25) is 0 Å². The second kappa shape index (κ2) is 11.1. The van der Waals surface area contributed by atoms with E-state index in [9.17, 15) is 14.0 Å². The summed E-state index contributed by atoms with van der Waals surface area (Å²) in [5.41, 5.74) is 1.22. The summed E-state index contributed by atoms with van der Waals surface area (Å²) in [6, 6.07) is 4.69. The molecular weight excluding hydrogens is 499 g/mol. The molecule has 3 aromatic rings. The Morgan fingerprint density at radius 2 is 1.95 bits per heavy atom. The van der Waals surface area contributed by atoms with Crippen molar-refractivity contribution in [1.29, 1.82) is 0 Å². The van der Waals surface area contributed by atoms with Gasteiger partial charge in [-0.3, -0.25) is 19.1 Å². The molecule has 0 radical (unpaired) electrons. The number of hydrogen-bond acceptors (Lipinski definition) is 9. The number of pyridine rings is 2. The average molecular weight is 529 g/mol. The van der Waals surface area contributed by atoms with E-state index >= 15 is 0 Å². The van der Waals surface area contributed by atoms with Gasteiger partial charge in [0.25, 0.3) is 11.5 Å². The zero-order chi connectivity index (χ0) is 26.7. The average Bonchev–Trinajstić information content (AvgIpc) is 3.69. The molecule has 10 nitrogen and oxygen atoms in total. The van der Waals surface area contributed by atoms with Gasteiger partial charge in [-0.1, -0.05) is 6.07 Å². The largest absolute Gasteiger partial charge is 0.491 e. The van der Waals surface area contributed by atoms with Crippen LogP contribution in [0.3, 0.4) is 0 Å². The number of rotatable bonds is 10. The Labute approximate surface area is 218 Å². The third-order valence-electron chi connectivity index (χ3n) is 5.83. The molecule has 0 spiro atoms. The standard InChI is InChI=1S/C25H29FN6O4S/c1-13-6-9-17(16(26)10-13)30-23-20(24(33)29-15-7-8-15)21(14(2)25(34)32(23)4)36-19-12-28-11-18(22(19)35-5)31-37-27-3/h6,9-12,15,27,30-31H,7-8H2,1-5H3,(H,29,33). The van der Waals surface area contributed by atoms with E-state index < -0.39 is 17.3 Å². The summed E-state index contributed by atoms with van der Waals surface area (Å²) in [5.74, 6) is -0.332. The molecule has 2 aromatic heterocycles. The highest BCUT2D eigenvalue weighted by molar-refractivity contribution is 7.98. The molecule has 4 N–H and O–H groups in total. The molecule has 1 fully saturated rings. The lowest BCUT2D eigenvalue weighted by Crippen LogP contribution is -2.31. The van der Waals surface area contributed by atoms with Crippen molar-refractivity contribution in [1.82, 2.24) is 19.6 Å². The van der Waals surface area contributed by atoms with E-state index in [2.05, 4.69) is 25.1 Å². The second-order valence-corrected chi connectivity index (χ2v) is 9.44. The quantitative estimate of drug-likeness (QED) is 0.288. The predicted octanol–water partition coefficient (Wildman–Crippen LogP) is 4.17. The topological polar surface area (TPSA) is 119 Å². The molecule has 1 saturated carbocycles. The van der Waals surface area contributed by atoms with Crippen LogP contribution in [-0.4, -0.2) is 35.7 Å². The summed E-state index contributed by atoms with van der Waals surface area (Å²) in [5, 5.41) is 5.90. The molecule has 0 aliphatic heterocycles. The van der Waals surface area contributed by atoms with Gasteiger partial charge in [0.1, 0.15) is 22.9 Å². The predicted molar refractivity (Wildman–Crippen MR) is 142 cm³/mol. The number of benzene rings is 1. The Hall–Kier alpha value is -3.77. The van der Waals surface area contributed by atoms with Crippen LogP contribution in [0.5, 0.6) is 17.2 Å². The first-order valence-electron chi connectivity index (χ1n) is 11.6. The molecule has 4 rings (SSSR count). The summed E-state index contributed by atoms with van der Waals surface area (Å²) in [6.07, 6.45) is 4.70. The first-order valence-corrected chi connectivity index (χ1v) is 12.4. The highest BCUT2D eigenvalue weighted by Crippen LogP contribution is 2.41. The highest BCUT2D eigenvalue weighted by Gasteiger charge is 2.31. The van der Waals surface area contributed by atoms with Gasteiger partial charge in [-0.05, 0) is 51.4 Å². The monoisotopic (exact) mass is 528 g/mol. The lowest BCUT2D eigenvalue weighted by Gasteiger charge is -2.22. The Kier molecular flexibility index (Phi) is 7.89. The van der Waals surface area contributed by atoms with Crippen molar-refractivity contribution >= 4 is 35.2 Å². The van der Waals surface area contributed by atoms with Crippen LogP contribution in [0.25, 0.3) is 0 Å². The molecule has 1 aromatic carbocycles. The number of nitrogens with zero attached hydrogens (tertiary/aromatic N) is 2. The van der Waals surface area contributed by atoms with Gasteiger partial charge in [0, 0.05) is 25.2 Å². The van der Waals surface area contributed by atoms with Gasteiger partial charge in [0.05, 0.1) is 30.8 Å². The number of carbonyl (C=O) groups is 1. The molecule has 2 heterocycles. The van der Waals surface area contributed by atoms with E-state index in [-0.39, 0.29) is 40.2 Å². The van der Waals surface area contributed by atoms with Gasteiger partial charge in [0.15, 0.2) is 17.2 Å². The lowest BCUT2D eigenvalue weighted by atomic mass is 10.1. The van der Waals surface area contributed by atoms with Crippen LogP contribution < -0.4 is 35.1 Å². The Balaban J connectivity index is 1.88. The molecule has 0 saturated heterocycles. The van der Waals surface area contributed by atoms with E-state index in [1.165, 1.54) is 43.1 Å². The number of carbonyl (C=O) groups excluding carboxylic acids is 1. The van der Waals surface area contributed by atoms with Gasteiger partial charge >= 0.3 is 0 Å². The molecule has 196 valence electrons. The van der Waals surface area contributed by atoms with E-state index in [4.69, 9.17) is 9.47 Å². The van der Waals surface area contributed by atoms with Crippen molar-refractivity contribution in [2.75, 3.05) is 24.2 Å². The van der Waals surface area contributed by atoms with Crippen LogP contribution in [0.15, 0.2) is 35.4 Å². The summed E-state index contributed by atoms with van der Waals surface area (Å²) < 4.78 is 33.7. The maximum Gasteiger partial charge on any atom is 0.259 e. The number of amides is 1. The molecule has 1 aliphatic carbocycles. The first kappa shape index (κ1) is 26.3. The van der Waals surface area contributed by atoms with Crippen molar-refractivity contribution in [3.63, 3.8) is 0 Å². The van der Waals surface area contributed by atoms with Gasteiger partial charge in [-0.15, -0.1) is 0 Å². The van der Waals surface area contributed by atoms with Crippen LogP contribution in [0, 0.1) is 19.7 Å². The summed E-state index contributed by atoms with van der Waals surface area (Å²) in [7, 11) is 4.74. The third kappa shape index (κ3) is 5.65. The Morgan fingerprint density at radius 3 is 2.59 bits per heavy atom. The molecule has 0 bridgehead atoms. The van der Waals surface area contributed by atoms with Crippen molar-refractivity contribution in [3.8, 4) is 17.2 Å². The molecule has 12 heteroatoms. The van der Waals surface area contributed by atoms with Gasteiger partial charge < -0.3 is 24.8 Å². The second-order valence-electron chi connectivity index (χ2n) is 8.63. The zero-order valence-electron chi connectivity index (χ0n) is 21.2. The number of aromatic nitrogens is 2. The van der Waals surface area contributed by atoms with Crippen molar-refractivity contribution in [2.24, 2.45) is 7.05 Å². The fourth-order valence-corrected chi connectivity index (χ4v) is 4.09. The van der Waals surface area contributed by atoms with E-state index in [0.717, 1.165) is 18.4 Å². The number of hydrogen-bond donors (Lipinski definition) is 4. The Morgan fingerprint density at radius 1 is 1.19 bits per heavy atom. The van der Waals surface area contributed by atoms with Crippen LogP contribution >= 0.6 is 12.1 Å². The maximum atomic E-state index is 14.8. The lowest BCUT2D eigenvalue weighted by molar-refractivity contribution is 0.0948. The molecule has 1 aliphatic rings. The van der Waals surface area contributed by atoms with Crippen LogP contribution in [0.4, 0.5) is 21.6 Å². The summed E-state index contributed by atoms with van der Waals surface area (Å²) in [6.45, 7) is 3.34. The zero-order valence-corrected chi connectivity index (χ0v) is 22.0. The fraction of sp³-hybridized carbons (Fsp3) is 0.320. The van der Waals surface area contributed by atoms with Crippen LogP contribution in [0.1, 0.15) is 34.3 Å². The number of anilines is 3. The first-order chi connectivity index (χ1) is 17.7. The number of halogens is 1. The van der Waals surface area contributed by atoms with Crippen molar-refractivity contribution < 1.29 is 18.7 Å². The molecule has 1 amide bonds. The molecular formula is C25H29FN6O4S. The van der Waals surface area contributed by atoms with E-state index in [1.54, 1.807) is 39.2 Å².